The lowest BCUT2D eigenvalue weighted by Gasteiger charge is -2.32. The molecule has 1 aliphatic rings. The zero-order chi connectivity index (χ0) is 12.8. The lowest BCUT2D eigenvalue weighted by molar-refractivity contribution is 0.172. The van der Waals surface area contributed by atoms with Crippen molar-refractivity contribution in [2.45, 2.75) is 32.7 Å². The van der Waals surface area contributed by atoms with E-state index in [-0.39, 0.29) is 12.4 Å². The highest BCUT2D eigenvalue weighted by atomic mass is 35.5. The van der Waals surface area contributed by atoms with E-state index < -0.39 is 0 Å². The van der Waals surface area contributed by atoms with Crippen molar-refractivity contribution in [2.24, 2.45) is 5.92 Å². The molecule has 19 heavy (non-hydrogen) atoms. The number of hydrogen-bond acceptors (Lipinski definition) is 2. The van der Waals surface area contributed by atoms with Crippen LogP contribution in [0, 0.1) is 12.8 Å². The third-order valence-electron chi connectivity index (χ3n) is 4.16. The molecule has 1 heterocycles. The van der Waals surface area contributed by atoms with E-state index in [0.29, 0.717) is 0 Å². The lowest BCUT2D eigenvalue weighted by atomic mass is 9.93. The molecule has 1 N–H and O–H groups in total. The van der Waals surface area contributed by atoms with Gasteiger partial charge in [0, 0.05) is 6.54 Å². The van der Waals surface area contributed by atoms with Crippen LogP contribution in [0.15, 0.2) is 24.3 Å². The summed E-state index contributed by atoms with van der Waals surface area (Å²) >= 11 is 0. The Hall–Kier alpha value is -0.570. The van der Waals surface area contributed by atoms with Crippen LogP contribution in [-0.4, -0.2) is 31.6 Å². The van der Waals surface area contributed by atoms with E-state index in [1.54, 1.807) is 0 Å². The number of aryl methyl sites for hydroxylation is 1. The molecule has 0 saturated carbocycles. The van der Waals surface area contributed by atoms with Crippen molar-refractivity contribution in [1.29, 1.82) is 0 Å². The van der Waals surface area contributed by atoms with Crippen molar-refractivity contribution in [3.63, 3.8) is 0 Å². The van der Waals surface area contributed by atoms with Crippen LogP contribution in [0.4, 0.5) is 0 Å². The minimum atomic E-state index is 0. The van der Waals surface area contributed by atoms with E-state index in [9.17, 15) is 0 Å². The van der Waals surface area contributed by atoms with Crippen LogP contribution >= 0.6 is 12.4 Å². The van der Waals surface area contributed by atoms with Gasteiger partial charge >= 0.3 is 0 Å². The standard InChI is InChI=1S/C16H26N2.ClH/c1-14-5-3-4-6-16(14)13-18-11-8-15(9-12-18)7-10-17-2;/h3-6,15,17H,7-13H2,1-2H3;1H. The van der Waals surface area contributed by atoms with Gasteiger partial charge in [-0.25, -0.2) is 0 Å². The molecule has 0 amide bonds. The average Bonchev–Trinajstić information content (AvgIpc) is 2.41. The molecular weight excluding hydrogens is 256 g/mol. The van der Waals surface area contributed by atoms with Crippen LogP contribution < -0.4 is 5.32 Å². The molecule has 1 saturated heterocycles. The molecule has 0 radical (unpaired) electrons. The molecular formula is C16H27ClN2. The maximum Gasteiger partial charge on any atom is 0.0236 e. The van der Waals surface area contributed by atoms with Gasteiger partial charge in [0.2, 0.25) is 0 Å². The fourth-order valence-corrected chi connectivity index (χ4v) is 2.81. The summed E-state index contributed by atoms with van der Waals surface area (Å²) in [6.07, 6.45) is 4.08. The Morgan fingerprint density at radius 2 is 1.89 bits per heavy atom. The molecule has 0 atom stereocenters. The summed E-state index contributed by atoms with van der Waals surface area (Å²) in [5, 5.41) is 3.26. The van der Waals surface area contributed by atoms with E-state index in [1.165, 1.54) is 50.0 Å². The van der Waals surface area contributed by atoms with E-state index in [0.717, 1.165) is 12.5 Å². The van der Waals surface area contributed by atoms with Crippen molar-refractivity contribution in [3.05, 3.63) is 35.4 Å². The van der Waals surface area contributed by atoms with E-state index in [4.69, 9.17) is 0 Å². The average molecular weight is 283 g/mol. The number of piperidine rings is 1. The van der Waals surface area contributed by atoms with Gasteiger partial charge in [-0.3, -0.25) is 4.90 Å². The molecule has 0 unspecified atom stereocenters. The highest BCUT2D eigenvalue weighted by Gasteiger charge is 2.18. The van der Waals surface area contributed by atoms with Crippen LogP contribution in [0.25, 0.3) is 0 Å². The summed E-state index contributed by atoms with van der Waals surface area (Å²) in [5.74, 6) is 0.936. The third-order valence-corrected chi connectivity index (χ3v) is 4.16. The van der Waals surface area contributed by atoms with Crippen molar-refractivity contribution < 1.29 is 0 Å². The van der Waals surface area contributed by atoms with E-state index >= 15 is 0 Å². The first-order chi connectivity index (χ1) is 8.79. The zero-order valence-corrected chi connectivity index (χ0v) is 13.0. The van der Waals surface area contributed by atoms with E-state index in [1.807, 2.05) is 7.05 Å². The number of halogens is 1. The molecule has 108 valence electrons. The van der Waals surface area contributed by atoms with E-state index in [2.05, 4.69) is 41.4 Å². The summed E-state index contributed by atoms with van der Waals surface area (Å²) in [7, 11) is 2.05. The Bertz CT molecular complexity index is 360. The fourth-order valence-electron chi connectivity index (χ4n) is 2.81. The van der Waals surface area contributed by atoms with Gasteiger partial charge in [0.15, 0.2) is 0 Å². The second-order valence-corrected chi connectivity index (χ2v) is 5.54. The number of rotatable bonds is 5. The minimum absolute atomic E-state index is 0. The first-order valence-electron chi connectivity index (χ1n) is 7.21. The van der Waals surface area contributed by atoms with Gasteiger partial charge in [-0.1, -0.05) is 24.3 Å². The third kappa shape index (κ3) is 5.13. The highest BCUT2D eigenvalue weighted by molar-refractivity contribution is 5.85. The molecule has 0 spiro atoms. The van der Waals surface area contributed by atoms with Crippen molar-refractivity contribution in [1.82, 2.24) is 10.2 Å². The maximum atomic E-state index is 3.26. The Balaban J connectivity index is 0.00000180. The van der Waals surface area contributed by atoms with Gasteiger partial charge in [0.25, 0.3) is 0 Å². The molecule has 1 aromatic rings. The molecule has 2 nitrogen and oxygen atoms in total. The Kier molecular flexibility index (Phi) is 7.44. The van der Waals surface area contributed by atoms with Crippen LogP contribution in [0.3, 0.4) is 0 Å². The SMILES string of the molecule is CNCCC1CCN(Cc2ccccc2C)CC1.Cl. The van der Waals surface area contributed by atoms with Gasteiger partial charge in [-0.2, -0.15) is 0 Å². The maximum absolute atomic E-state index is 3.26. The van der Waals surface area contributed by atoms with Gasteiger partial charge in [0.1, 0.15) is 0 Å². The Morgan fingerprint density at radius 1 is 1.21 bits per heavy atom. The summed E-state index contributed by atoms with van der Waals surface area (Å²) in [6, 6.07) is 8.77. The smallest absolute Gasteiger partial charge is 0.0236 e. The van der Waals surface area contributed by atoms with Crippen LogP contribution in [-0.2, 0) is 6.54 Å². The van der Waals surface area contributed by atoms with Crippen LogP contribution in [0.5, 0.6) is 0 Å². The quantitative estimate of drug-likeness (QED) is 0.892. The second kappa shape index (κ2) is 8.57. The first kappa shape index (κ1) is 16.5. The van der Waals surface area contributed by atoms with Crippen LogP contribution in [0.2, 0.25) is 0 Å². The largest absolute Gasteiger partial charge is 0.320 e. The molecule has 1 aromatic carbocycles. The number of nitrogens with zero attached hydrogens (tertiary/aromatic N) is 1. The summed E-state index contributed by atoms with van der Waals surface area (Å²) < 4.78 is 0. The highest BCUT2D eigenvalue weighted by Crippen LogP contribution is 2.22. The summed E-state index contributed by atoms with van der Waals surface area (Å²) in [6.45, 7) is 7.05. The number of hydrogen-bond donors (Lipinski definition) is 1. The Labute approximate surface area is 124 Å². The number of benzene rings is 1. The lowest BCUT2D eigenvalue weighted by Crippen LogP contribution is -2.34. The fraction of sp³-hybridized carbons (Fsp3) is 0.625. The molecule has 3 heteroatoms. The summed E-state index contributed by atoms with van der Waals surface area (Å²) in [4.78, 5) is 2.61. The van der Waals surface area contributed by atoms with Gasteiger partial charge in [-0.15, -0.1) is 12.4 Å². The molecule has 2 rings (SSSR count). The zero-order valence-electron chi connectivity index (χ0n) is 12.2. The molecule has 0 aliphatic carbocycles. The number of nitrogens with one attached hydrogen (secondary N) is 1. The predicted octanol–water partition coefficient (Wildman–Crippen LogP) is 3.24. The van der Waals surface area contributed by atoms with Gasteiger partial charge < -0.3 is 5.32 Å². The normalized spacial score (nSPS) is 17.2. The minimum Gasteiger partial charge on any atom is -0.320 e. The molecule has 1 fully saturated rings. The second-order valence-electron chi connectivity index (χ2n) is 5.54. The van der Waals surface area contributed by atoms with Crippen LogP contribution in [0.1, 0.15) is 30.4 Å². The molecule has 1 aliphatic heterocycles. The number of likely N-dealkylation sites (tertiary alicyclic amines) is 1. The predicted molar refractivity (Wildman–Crippen MR) is 85.0 cm³/mol. The van der Waals surface area contributed by atoms with Gasteiger partial charge in [-0.05, 0) is 69.9 Å². The molecule has 0 bridgehead atoms. The summed E-state index contributed by atoms with van der Waals surface area (Å²) in [5.41, 5.74) is 2.92. The van der Waals surface area contributed by atoms with Gasteiger partial charge in [0.05, 0.1) is 0 Å². The Morgan fingerprint density at radius 3 is 2.53 bits per heavy atom. The topological polar surface area (TPSA) is 15.3 Å². The first-order valence-corrected chi connectivity index (χ1v) is 7.21. The van der Waals surface area contributed by atoms with Crippen molar-refractivity contribution >= 4 is 12.4 Å². The monoisotopic (exact) mass is 282 g/mol. The van der Waals surface area contributed by atoms with Crippen molar-refractivity contribution in [2.75, 3.05) is 26.7 Å². The molecule has 0 aromatic heterocycles. The van der Waals surface area contributed by atoms with Crippen molar-refractivity contribution in [3.8, 4) is 0 Å².